The maximum Gasteiger partial charge on any atom is 0.224 e. The van der Waals surface area contributed by atoms with Gasteiger partial charge in [0.25, 0.3) is 0 Å². The number of nitrogens with zero attached hydrogens (tertiary/aromatic N) is 2. The number of aromatic nitrogens is 1. The van der Waals surface area contributed by atoms with E-state index in [1.807, 2.05) is 6.07 Å². The molecule has 1 aliphatic heterocycles. The third-order valence-corrected chi connectivity index (χ3v) is 3.75. The molecule has 2 aromatic rings. The van der Waals surface area contributed by atoms with Crippen LogP contribution in [0.4, 0.5) is 4.39 Å². The zero-order valence-electron chi connectivity index (χ0n) is 12.2. The molecule has 0 spiro atoms. The van der Waals surface area contributed by atoms with Crippen LogP contribution < -0.4 is 4.74 Å². The van der Waals surface area contributed by atoms with E-state index in [4.69, 9.17) is 4.74 Å². The molecule has 1 atom stereocenters. The van der Waals surface area contributed by atoms with Crippen molar-refractivity contribution in [3.8, 4) is 11.6 Å². The minimum atomic E-state index is -0.312. The van der Waals surface area contributed by atoms with Gasteiger partial charge >= 0.3 is 0 Å². The number of carbonyl (C=O) groups is 1. The molecule has 0 unspecified atom stereocenters. The SMILES string of the molecule is Cl.O=C1C[C@@H](S)CN1Cc1ccc(Oc2ccc(F)cc2)nc1. The Morgan fingerprint density at radius 2 is 2.00 bits per heavy atom. The van der Waals surface area contributed by atoms with Crippen molar-refractivity contribution >= 4 is 30.9 Å². The van der Waals surface area contributed by atoms with Crippen LogP contribution in [0.1, 0.15) is 12.0 Å². The normalized spacial score (nSPS) is 17.0. The van der Waals surface area contributed by atoms with E-state index in [9.17, 15) is 9.18 Å². The molecule has 122 valence electrons. The molecule has 3 rings (SSSR count). The first-order valence-corrected chi connectivity index (χ1v) is 7.46. The Balaban J connectivity index is 0.00000192. The molecule has 4 nitrogen and oxygen atoms in total. The fourth-order valence-corrected chi connectivity index (χ4v) is 2.67. The summed E-state index contributed by atoms with van der Waals surface area (Å²) in [5, 5.41) is 0.113. The van der Waals surface area contributed by atoms with Gasteiger partial charge in [-0.1, -0.05) is 6.07 Å². The topological polar surface area (TPSA) is 42.4 Å². The number of pyridine rings is 1. The molecule has 1 aromatic carbocycles. The molecular weight excluding hydrogens is 339 g/mol. The van der Waals surface area contributed by atoms with Crippen molar-refractivity contribution in [3.63, 3.8) is 0 Å². The zero-order chi connectivity index (χ0) is 15.5. The summed E-state index contributed by atoms with van der Waals surface area (Å²) in [5.41, 5.74) is 0.933. The summed E-state index contributed by atoms with van der Waals surface area (Å²) in [5.74, 6) is 0.754. The lowest BCUT2D eigenvalue weighted by Gasteiger charge is -2.15. The van der Waals surface area contributed by atoms with E-state index in [1.54, 1.807) is 29.3 Å². The lowest BCUT2D eigenvalue weighted by atomic mass is 10.2. The second kappa shape index (κ2) is 7.66. The molecule has 1 saturated heterocycles. The molecule has 2 heterocycles. The van der Waals surface area contributed by atoms with Crippen LogP contribution in [-0.4, -0.2) is 27.6 Å². The van der Waals surface area contributed by atoms with Gasteiger partial charge in [0.2, 0.25) is 11.8 Å². The van der Waals surface area contributed by atoms with E-state index < -0.39 is 0 Å². The highest BCUT2D eigenvalue weighted by Crippen LogP contribution is 2.21. The molecule has 0 bridgehead atoms. The van der Waals surface area contributed by atoms with Gasteiger partial charge in [0.1, 0.15) is 11.6 Å². The molecule has 1 aliphatic rings. The molecule has 7 heteroatoms. The largest absolute Gasteiger partial charge is 0.439 e. The van der Waals surface area contributed by atoms with Crippen LogP contribution in [0, 0.1) is 5.82 Å². The van der Waals surface area contributed by atoms with Crippen LogP contribution in [0.25, 0.3) is 0 Å². The van der Waals surface area contributed by atoms with Crippen LogP contribution in [0.2, 0.25) is 0 Å². The van der Waals surface area contributed by atoms with Crippen molar-refractivity contribution in [3.05, 3.63) is 54.0 Å². The van der Waals surface area contributed by atoms with Gasteiger partial charge in [-0.2, -0.15) is 12.6 Å². The summed E-state index contributed by atoms with van der Waals surface area (Å²) in [7, 11) is 0. The Bertz CT molecular complexity index is 667. The minimum Gasteiger partial charge on any atom is -0.439 e. The van der Waals surface area contributed by atoms with Gasteiger partial charge in [0.15, 0.2) is 0 Å². The van der Waals surface area contributed by atoms with E-state index in [0.717, 1.165) is 5.56 Å². The van der Waals surface area contributed by atoms with E-state index in [-0.39, 0.29) is 29.4 Å². The quantitative estimate of drug-likeness (QED) is 0.855. The number of hydrogen-bond acceptors (Lipinski definition) is 4. The average molecular weight is 355 g/mol. The fourth-order valence-electron chi connectivity index (χ4n) is 2.31. The first-order chi connectivity index (χ1) is 10.6. The highest BCUT2D eigenvalue weighted by atomic mass is 35.5. The van der Waals surface area contributed by atoms with Crippen LogP contribution in [0.5, 0.6) is 11.6 Å². The van der Waals surface area contributed by atoms with Gasteiger partial charge < -0.3 is 9.64 Å². The Morgan fingerprint density at radius 3 is 2.57 bits per heavy atom. The number of benzene rings is 1. The van der Waals surface area contributed by atoms with Crippen LogP contribution in [0.15, 0.2) is 42.6 Å². The molecule has 1 fully saturated rings. The average Bonchev–Trinajstić information content (AvgIpc) is 2.81. The first kappa shape index (κ1) is 17.6. The van der Waals surface area contributed by atoms with Crippen LogP contribution in [0.3, 0.4) is 0 Å². The summed E-state index contributed by atoms with van der Waals surface area (Å²) < 4.78 is 18.3. The van der Waals surface area contributed by atoms with Gasteiger partial charge in [-0.15, -0.1) is 12.4 Å². The van der Waals surface area contributed by atoms with Crippen molar-refractivity contribution in [2.45, 2.75) is 18.2 Å². The van der Waals surface area contributed by atoms with Gasteiger partial charge in [-0.05, 0) is 29.8 Å². The minimum absolute atomic E-state index is 0. The lowest BCUT2D eigenvalue weighted by molar-refractivity contribution is -0.128. The number of amides is 1. The number of carbonyl (C=O) groups excluding carboxylic acids is 1. The highest BCUT2D eigenvalue weighted by molar-refractivity contribution is 7.81. The summed E-state index contributed by atoms with van der Waals surface area (Å²) in [6.07, 6.45) is 2.17. The maximum atomic E-state index is 12.8. The number of ether oxygens (including phenoxy) is 1. The Kier molecular flexibility index (Phi) is 5.85. The van der Waals surface area contributed by atoms with Gasteiger partial charge in [0, 0.05) is 37.0 Å². The number of rotatable bonds is 4. The van der Waals surface area contributed by atoms with E-state index >= 15 is 0 Å². The number of hydrogen-bond donors (Lipinski definition) is 1. The van der Waals surface area contributed by atoms with Gasteiger partial charge in [-0.3, -0.25) is 4.79 Å². The van der Waals surface area contributed by atoms with E-state index in [1.165, 1.54) is 12.1 Å². The van der Waals surface area contributed by atoms with E-state index in [0.29, 0.717) is 31.1 Å². The zero-order valence-corrected chi connectivity index (χ0v) is 13.9. The third kappa shape index (κ3) is 4.59. The third-order valence-electron chi connectivity index (χ3n) is 3.40. The number of halogens is 2. The van der Waals surface area contributed by atoms with Crippen molar-refractivity contribution in [2.24, 2.45) is 0 Å². The van der Waals surface area contributed by atoms with E-state index in [2.05, 4.69) is 17.6 Å². The summed E-state index contributed by atoms with van der Waals surface area (Å²) in [6, 6.07) is 9.34. The second-order valence-electron chi connectivity index (χ2n) is 5.19. The maximum absolute atomic E-state index is 12.8. The second-order valence-corrected chi connectivity index (χ2v) is 5.92. The molecular formula is C16H16ClFN2O2S. The van der Waals surface area contributed by atoms with Gasteiger partial charge in [-0.25, -0.2) is 9.37 Å². The molecule has 1 aromatic heterocycles. The summed E-state index contributed by atoms with van der Waals surface area (Å²) >= 11 is 4.33. The molecule has 0 radical (unpaired) electrons. The van der Waals surface area contributed by atoms with Crippen molar-refractivity contribution in [1.29, 1.82) is 0 Å². The fraction of sp³-hybridized carbons (Fsp3) is 0.250. The monoisotopic (exact) mass is 354 g/mol. The summed E-state index contributed by atoms with van der Waals surface area (Å²) in [4.78, 5) is 17.7. The lowest BCUT2D eigenvalue weighted by Crippen LogP contribution is -2.24. The highest BCUT2D eigenvalue weighted by Gasteiger charge is 2.26. The smallest absolute Gasteiger partial charge is 0.224 e. The van der Waals surface area contributed by atoms with Crippen LogP contribution in [-0.2, 0) is 11.3 Å². The Labute approximate surface area is 145 Å². The predicted molar refractivity (Wildman–Crippen MR) is 90.8 cm³/mol. The molecule has 23 heavy (non-hydrogen) atoms. The summed E-state index contributed by atoms with van der Waals surface area (Å²) in [6.45, 7) is 1.19. The molecule has 0 saturated carbocycles. The van der Waals surface area contributed by atoms with Crippen LogP contribution >= 0.6 is 25.0 Å². The standard InChI is InChI=1S/C16H15FN2O2S.ClH/c17-12-2-4-13(5-3-12)21-15-6-1-11(8-18-15)9-19-10-14(22)7-16(19)20;/h1-6,8,14,22H,7,9-10H2;1H/t14-;/m1./s1. The Morgan fingerprint density at radius 1 is 1.26 bits per heavy atom. The molecule has 1 amide bonds. The van der Waals surface area contributed by atoms with Gasteiger partial charge in [0.05, 0.1) is 0 Å². The first-order valence-electron chi connectivity index (χ1n) is 6.94. The predicted octanol–water partition coefficient (Wildman–Crippen LogP) is 3.47. The molecule has 0 aliphatic carbocycles. The van der Waals surface area contributed by atoms with Crippen molar-refractivity contribution in [2.75, 3.05) is 6.54 Å². The van der Waals surface area contributed by atoms with Crippen molar-refractivity contribution in [1.82, 2.24) is 9.88 Å². The number of thiol groups is 1. The van der Waals surface area contributed by atoms with Crippen molar-refractivity contribution < 1.29 is 13.9 Å². The Hall–Kier alpha value is -1.79. The number of likely N-dealkylation sites (tertiary alicyclic amines) is 1. The molecule has 0 N–H and O–H groups in total.